The second kappa shape index (κ2) is 6.15. The number of primary amides is 1. The van der Waals surface area contributed by atoms with Crippen molar-refractivity contribution in [3.8, 4) is 0 Å². The number of hydrogen-bond acceptors (Lipinski definition) is 4. The number of nitrogens with one attached hydrogen (secondary N) is 2. The minimum Gasteiger partial charge on any atom is -0.369 e. The minimum atomic E-state index is -0.437. The summed E-state index contributed by atoms with van der Waals surface area (Å²) in [5, 5.41) is 7.18. The van der Waals surface area contributed by atoms with E-state index in [-0.39, 0.29) is 0 Å². The fourth-order valence-electron chi connectivity index (χ4n) is 1.93. The fourth-order valence-corrected chi connectivity index (χ4v) is 1.93. The number of pyridine rings is 1. The molecule has 1 heterocycles. The summed E-state index contributed by atoms with van der Waals surface area (Å²) in [5.74, 6) is 0.235. The third-order valence-corrected chi connectivity index (χ3v) is 2.84. The van der Waals surface area contributed by atoms with Crippen LogP contribution in [0.15, 0.2) is 30.3 Å². The number of carbonyl (C=O) groups excluding carboxylic acids is 1. The van der Waals surface area contributed by atoms with Crippen molar-refractivity contribution in [2.24, 2.45) is 5.73 Å². The van der Waals surface area contributed by atoms with E-state index in [1.54, 1.807) is 6.07 Å². The predicted octanol–water partition coefficient (Wildman–Crippen LogP) is 1.36. The van der Waals surface area contributed by atoms with Crippen LogP contribution in [0.2, 0.25) is 0 Å². The SMILES string of the molecule is CCNCCNc1cc(C(N)=O)c2ccccc2n1. The molecule has 0 bridgehead atoms. The molecule has 0 saturated carbocycles. The second-order valence-electron chi connectivity index (χ2n) is 4.22. The number of amides is 1. The summed E-state index contributed by atoms with van der Waals surface area (Å²) in [6.07, 6.45) is 0. The number of nitrogens with zero attached hydrogens (tertiary/aromatic N) is 1. The Labute approximate surface area is 112 Å². The molecule has 2 aromatic rings. The van der Waals surface area contributed by atoms with Gasteiger partial charge in [-0.3, -0.25) is 4.79 Å². The molecule has 4 N–H and O–H groups in total. The molecule has 0 aliphatic rings. The molecule has 0 atom stereocenters. The van der Waals surface area contributed by atoms with Crippen molar-refractivity contribution >= 4 is 22.6 Å². The van der Waals surface area contributed by atoms with E-state index in [0.717, 1.165) is 30.5 Å². The van der Waals surface area contributed by atoms with Gasteiger partial charge < -0.3 is 16.4 Å². The van der Waals surface area contributed by atoms with Gasteiger partial charge in [-0.15, -0.1) is 0 Å². The third-order valence-electron chi connectivity index (χ3n) is 2.84. The Morgan fingerprint density at radius 3 is 2.84 bits per heavy atom. The number of carbonyl (C=O) groups is 1. The van der Waals surface area contributed by atoms with Gasteiger partial charge in [-0.2, -0.15) is 0 Å². The highest BCUT2D eigenvalue weighted by Crippen LogP contribution is 2.20. The number of benzene rings is 1. The first kappa shape index (κ1) is 13.3. The highest BCUT2D eigenvalue weighted by molar-refractivity contribution is 6.06. The Kier molecular flexibility index (Phi) is 4.30. The molecule has 1 aromatic carbocycles. The summed E-state index contributed by atoms with van der Waals surface area (Å²) in [5.41, 5.74) is 6.68. The van der Waals surface area contributed by atoms with Gasteiger partial charge in [0.1, 0.15) is 5.82 Å². The molecule has 0 aliphatic heterocycles. The average Bonchev–Trinajstić information content (AvgIpc) is 2.42. The molecule has 19 heavy (non-hydrogen) atoms. The van der Waals surface area contributed by atoms with E-state index in [2.05, 4.69) is 22.5 Å². The maximum Gasteiger partial charge on any atom is 0.249 e. The van der Waals surface area contributed by atoms with Gasteiger partial charge in [0.15, 0.2) is 0 Å². The lowest BCUT2D eigenvalue weighted by Gasteiger charge is -2.09. The molecular formula is C14H18N4O. The van der Waals surface area contributed by atoms with E-state index in [0.29, 0.717) is 11.4 Å². The lowest BCUT2D eigenvalue weighted by Crippen LogP contribution is -2.22. The highest BCUT2D eigenvalue weighted by atomic mass is 16.1. The molecule has 2 rings (SSSR count). The van der Waals surface area contributed by atoms with Crippen molar-refractivity contribution in [1.82, 2.24) is 10.3 Å². The number of rotatable bonds is 6. The lowest BCUT2D eigenvalue weighted by atomic mass is 10.1. The second-order valence-corrected chi connectivity index (χ2v) is 4.22. The Hall–Kier alpha value is -2.14. The van der Waals surface area contributed by atoms with Crippen LogP contribution in [-0.4, -0.2) is 30.5 Å². The van der Waals surface area contributed by atoms with Crippen LogP contribution < -0.4 is 16.4 Å². The summed E-state index contributed by atoms with van der Waals surface area (Å²) in [7, 11) is 0. The number of aromatic nitrogens is 1. The van der Waals surface area contributed by atoms with Crippen molar-refractivity contribution < 1.29 is 4.79 Å². The fraction of sp³-hybridized carbons (Fsp3) is 0.286. The molecule has 0 spiro atoms. The molecule has 5 nitrogen and oxygen atoms in total. The first-order valence-electron chi connectivity index (χ1n) is 6.36. The number of likely N-dealkylation sites (N-methyl/N-ethyl adjacent to an activating group) is 1. The topological polar surface area (TPSA) is 80.0 Å². The van der Waals surface area contributed by atoms with Gasteiger partial charge in [0.2, 0.25) is 5.91 Å². The first-order chi connectivity index (χ1) is 9.22. The summed E-state index contributed by atoms with van der Waals surface area (Å²) < 4.78 is 0. The van der Waals surface area contributed by atoms with Crippen molar-refractivity contribution in [2.75, 3.05) is 25.0 Å². The third kappa shape index (κ3) is 3.20. The zero-order valence-corrected chi connectivity index (χ0v) is 10.9. The molecule has 0 aliphatic carbocycles. The van der Waals surface area contributed by atoms with Crippen LogP contribution in [0.1, 0.15) is 17.3 Å². The number of para-hydroxylation sites is 1. The van der Waals surface area contributed by atoms with E-state index in [1.807, 2.05) is 24.3 Å². The van der Waals surface area contributed by atoms with Crippen LogP contribution in [0, 0.1) is 0 Å². The van der Waals surface area contributed by atoms with E-state index < -0.39 is 5.91 Å². The molecule has 0 radical (unpaired) electrons. The minimum absolute atomic E-state index is 0.437. The number of nitrogens with two attached hydrogens (primary N) is 1. The normalized spacial score (nSPS) is 10.6. The number of fused-ring (bicyclic) bond motifs is 1. The number of anilines is 1. The smallest absolute Gasteiger partial charge is 0.249 e. The van der Waals surface area contributed by atoms with E-state index in [9.17, 15) is 4.79 Å². The van der Waals surface area contributed by atoms with Gasteiger partial charge in [0, 0.05) is 18.5 Å². The first-order valence-corrected chi connectivity index (χ1v) is 6.36. The molecule has 0 fully saturated rings. The Morgan fingerprint density at radius 1 is 1.32 bits per heavy atom. The zero-order valence-electron chi connectivity index (χ0n) is 10.9. The summed E-state index contributed by atoms with van der Waals surface area (Å²) in [4.78, 5) is 16.0. The van der Waals surface area contributed by atoms with Gasteiger partial charge >= 0.3 is 0 Å². The van der Waals surface area contributed by atoms with Crippen molar-refractivity contribution in [3.63, 3.8) is 0 Å². The molecular weight excluding hydrogens is 240 g/mol. The van der Waals surface area contributed by atoms with Crippen LogP contribution in [0.5, 0.6) is 0 Å². The van der Waals surface area contributed by atoms with Gasteiger partial charge in [-0.25, -0.2) is 4.98 Å². The quantitative estimate of drug-likeness (QED) is 0.683. The molecule has 1 aromatic heterocycles. The monoisotopic (exact) mass is 258 g/mol. The summed E-state index contributed by atoms with van der Waals surface area (Å²) in [6.45, 7) is 4.58. The van der Waals surface area contributed by atoms with E-state index >= 15 is 0 Å². The maximum atomic E-state index is 11.5. The molecule has 100 valence electrons. The molecule has 1 amide bonds. The Bertz CT molecular complexity index is 583. The van der Waals surface area contributed by atoms with Crippen LogP contribution in [-0.2, 0) is 0 Å². The van der Waals surface area contributed by atoms with Crippen molar-refractivity contribution in [3.05, 3.63) is 35.9 Å². The van der Waals surface area contributed by atoms with Crippen molar-refractivity contribution in [2.45, 2.75) is 6.92 Å². The predicted molar refractivity (Wildman–Crippen MR) is 77.3 cm³/mol. The summed E-state index contributed by atoms with van der Waals surface area (Å²) >= 11 is 0. The maximum absolute atomic E-state index is 11.5. The standard InChI is InChI=1S/C14H18N4O/c1-2-16-7-8-17-13-9-11(14(15)19)10-5-3-4-6-12(10)18-13/h3-6,9,16H,2,7-8H2,1H3,(H2,15,19)(H,17,18). The van der Waals surface area contributed by atoms with E-state index in [4.69, 9.17) is 5.73 Å². The van der Waals surface area contributed by atoms with Gasteiger partial charge in [0.05, 0.1) is 11.1 Å². The molecule has 0 saturated heterocycles. The van der Waals surface area contributed by atoms with Crippen LogP contribution >= 0.6 is 0 Å². The molecule has 0 unspecified atom stereocenters. The Balaban J connectivity index is 2.27. The highest BCUT2D eigenvalue weighted by Gasteiger charge is 2.09. The van der Waals surface area contributed by atoms with Gasteiger partial charge in [0.25, 0.3) is 0 Å². The van der Waals surface area contributed by atoms with Crippen LogP contribution in [0.3, 0.4) is 0 Å². The Morgan fingerprint density at radius 2 is 2.11 bits per heavy atom. The largest absolute Gasteiger partial charge is 0.369 e. The number of hydrogen-bond donors (Lipinski definition) is 3. The van der Waals surface area contributed by atoms with Crippen LogP contribution in [0.4, 0.5) is 5.82 Å². The molecule has 5 heteroatoms. The van der Waals surface area contributed by atoms with Gasteiger partial charge in [-0.05, 0) is 18.7 Å². The summed E-state index contributed by atoms with van der Waals surface area (Å²) in [6, 6.07) is 9.19. The van der Waals surface area contributed by atoms with Gasteiger partial charge in [-0.1, -0.05) is 25.1 Å². The van der Waals surface area contributed by atoms with Crippen LogP contribution in [0.25, 0.3) is 10.9 Å². The van der Waals surface area contributed by atoms with Crippen molar-refractivity contribution in [1.29, 1.82) is 0 Å². The lowest BCUT2D eigenvalue weighted by molar-refractivity contribution is 0.100. The average molecular weight is 258 g/mol. The van der Waals surface area contributed by atoms with E-state index in [1.165, 1.54) is 0 Å². The zero-order chi connectivity index (χ0) is 13.7.